The summed E-state index contributed by atoms with van der Waals surface area (Å²) in [6.07, 6.45) is 1.63. The molecule has 0 saturated heterocycles. The Hall–Kier alpha value is -3.29. The fourth-order valence-electron chi connectivity index (χ4n) is 4.78. The van der Waals surface area contributed by atoms with Crippen LogP contribution in [0.1, 0.15) is 59.8 Å². The molecule has 1 heterocycles. The molecule has 0 saturated carbocycles. The van der Waals surface area contributed by atoms with Gasteiger partial charge in [-0.15, -0.1) is 0 Å². The molecule has 0 radical (unpaired) electrons. The maximum Gasteiger partial charge on any atom is 0.251 e. The molecule has 3 aromatic carbocycles. The van der Waals surface area contributed by atoms with Crippen molar-refractivity contribution < 1.29 is 23.4 Å². The number of halogens is 2. The van der Waals surface area contributed by atoms with E-state index in [4.69, 9.17) is 4.74 Å². The van der Waals surface area contributed by atoms with Gasteiger partial charge in [-0.2, -0.15) is 0 Å². The zero-order chi connectivity index (χ0) is 27.3. The number of fused-ring (bicyclic) bond motifs is 1. The van der Waals surface area contributed by atoms with Crippen molar-refractivity contribution in [3.8, 4) is 5.75 Å². The van der Waals surface area contributed by atoms with E-state index in [0.29, 0.717) is 17.7 Å². The van der Waals surface area contributed by atoms with E-state index in [1.54, 1.807) is 12.1 Å². The lowest BCUT2D eigenvalue weighted by atomic mass is 9.93. The molecule has 4 rings (SSSR count). The fourth-order valence-corrected chi connectivity index (χ4v) is 4.78. The van der Waals surface area contributed by atoms with Crippen LogP contribution in [0.2, 0.25) is 0 Å². The van der Waals surface area contributed by atoms with Gasteiger partial charge in [-0.05, 0) is 92.1 Å². The average Bonchev–Trinajstić information content (AvgIpc) is 2.87. The van der Waals surface area contributed by atoms with Crippen molar-refractivity contribution in [1.29, 1.82) is 0 Å². The van der Waals surface area contributed by atoms with E-state index in [-0.39, 0.29) is 24.5 Å². The van der Waals surface area contributed by atoms with E-state index < -0.39 is 23.8 Å². The summed E-state index contributed by atoms with van der Waals surface area (Å²) in [4.78, 5) is 13.2. The van der Waals surface area contributed by atoms with Crippen molar-refractivity contribution in [3.05, 3.63) is 100 Å². The van der Waals surface area contributed by atoms with Gasteiger partial charge >= 0.3 is 0 Å². The average molecular weight is 523 g/mol. The third kappa shape index (κ3) is 7.39. The van der Waals surface area contributed by atoms with Gasteiger partial charge in [0.05, 0.1) is 12.1 Å². The Kier molecular flexibility index (Phi) is 8.80. The normalized spacial score (nSPS) is 15.7. The molecule has 2 atom stereocenters. The smallest absolute Gasteiger partial charge is 0.251 e. The second-order valence-corrected chi connectivity index (χ2v) is 10.6. The molecule has 7 heteroatoms. The molecule has 0 aromatic heterocycles. The largest absolute Gasteiger partial charge is 0.488 e. The molecule has 1 aliphatic heterocycles. The molecular formula is C31H36F2N2O3. The maximum absolute atomic E-state index is 13.9. The van der Waals surface area contributed by atoms with Crippen molar-refractivity contribution in [2.45, 2.75) is 70.7 Å². The van der Waals surface area contributed by atoms with Gasteiger partial charge in [0, 0.05) is 24.7 Å². The number of aliphatic hydroxyl groups excluding tert-OH is 1. The standard InChI is InChI=1S/C31H36F2N2O3/c1-4-20-6-5-7-21(12-20)18-34-19-28(36)27(15-22-13-25(32)17-26(33)14-22)35-30(37)24-8-9-29-23(16-24)10-11-31(2,3)38-29/h5-9,12-14,16-17,27-28,34,36H,4,10-11,15,18-19H2,1-3H3,(H,35,37)/t27-,28+/m0/s1. The molecule has 38 heavy (non-hydrogen) atoms. The van der Waals surface area contributed by atoms with Gasteiger partial charge in [-0.3, -0.25) is 4.79 Å². The minimum atomic E-state index is -0.999. The number of ether oxygens (including phenoxy) is 1. The number of aryl methyl sites for hydroxylation is 2. The SMILES string of the molecule is CCc1cccc(CNC[C@@H](O)[C@H](Cc2cc(F)cc(F)c2)NC(=O)c2ccc3c(c2)CCC(C)(C)O3)c1. The van der Waals surface area contributed by atoms with Crippen molar-refractivity contribution in [2.24, 2.45) is 0 Å². The van der Waals surface area contributed by atoms with E-state index in [9.17, 15) is 18.7 Å². The first-order chi connectivity index (χ1) is 18.1. The predicted octanol–water partition coefficient (Wildman–Crippen LogP) is 5.12. The maximum atomic E-state index is 13.9. The van der Waals surface area contributed by atoms with Crippen molar-refractivity contribution in [3.63, 3.8) is 0 Å². The molecule has 0 spiro atoms. The van der Waals surface area contributed by atoms with Crippen LogP contribution in [0.25, 0.3) is 0 Å². The Morgan fingerprint density at radius 3 is 2.50 bits per heavy atom. The van der Waals surface area contributed by atoms with Gasteiger partial charge in [0.2, 0.25) is 0 Å². The molecule has 1 aliphatic rings. The summed E-state index contributed by atoms with van der Waals surface area (Å²) in [6, 6.07) is 15.9. The summed E-state index contributed by atoms with van der Waals surface area (Å²) in [7, 11) is 0. The van der Waals surface area contributed by atoms with E-state index in [2.05, 4.69) is 29.7 Å². The fraction of sp³-hybridized carbons (Fsp3) is 0.387. The second-order valence-electron chi connectivity index (χ2n) is 10.6. The molecule has 0 bridgehead atoms. The van der Waals surface area contributed by atoms with E-state index >= 15 is 0 Å². The van der Waals surface area contributed by atoms with E-state index in [0.717, 1.165) is 42.2 Å². The monoisotopic (exact) mass is 522 g/mol. The van der Waals surface area contributed by atoms with Gasteiger partial charge in [0.15, 0.2) is 0 Å². The van der Waals surface area contributed by atoms with Crippen LogP contribution in [0.3, 0.4) is 0 Å². The predicted molar refractivity (Wildman–Crippen MR) is 144 cm³/mol. The van der Waals surface area contributed by atoms with Gasteiger partial charge in [0.25, 0.3) is 5.91 Å². The zero-order valence-corrected chi connectivity index (χ0v) is 22.2. The molecule has 3 aromatic rings. The summed E-state index contributed by atoms with van der Waals surface area (Å²) in [6.45, 7) is 6.89. The highest BCUT2D eigenvalue weighted by Gasteiger charge is 2.28. The lowest BCUT2D eigenvalue weighted by Crippen LogP contribution is -2.48. The Labute approximate surface area is 223 Å². The lowest BCUT2D eigenvalue weighted by Gasteiger charge is -2.32. The Bertz CT molecular complexity index is 1260. The molecule has 1 amide bonds. The Morgan fingerprint density at radius 1 is 1.03 bits per heavy atom. The minimum Gasteiger partial charge on any atom is -0.488 e. The Morgan fingerprint density at radius 2 is 1.76 bits per heavy atom. The van der Waals surface area contributed by atoms with Crippen LogP contribution < -0.4 is 15.4 Å². The second kappa shape index (κ2) is 12.0. The van der Waals surface area contributed by atoms with Crippen LogP contribution in [0.15, 0.2) is 60.7 Å². The molecule has 0 aliphatic carbocycles. The van der Waals surface area contributed by atoms with Crippen molar-refractivity contribution in [2.75, 3.05) is 6.54 Å². The summed E-state index contributed by atoms with van der Waals surface area (Å²) in [5, 5.41) is 17.2. The highest BCUT2D eigenvalue weighted by molar-refractivity contribution is 5.94. The van der Waals surface area contributed by atoms with Gasteiger partial charge < -0.3 is 20.5 Å². The van der Waals surface area contributed by atoms with Crippen LogP contribution in [-0.4, -0.2) is 35.3 Å². The molecule has 5 nitrogen and oxygen atoms in total. The van der Waals surface area contributed by atoms with Gasteiger partial charge in [0.1, 0.15) is 23.0 Å². The number of nitrogens with one attached hydrogen (secondary N) is 2. The molecular weight excluding hydrogens is 486 g/mol. The molecule has 202 valence electrons. The first kappa shape index (κ1) is 27.7. The summed E-state index contributed by atoms with van der Waals surface area (Å²) < 4.78 is 33.7. The number of rotatable bonds is 10. The number of carbonyl (C=O) groups is 1. The Balaban J connectivity index is 1.47. The first-order valence-electron chi connectivity index (χ1n) is 13.2. The molecule has 0 fully saturated rings. The van der Waals surface area contributed by atoms with Gasteiger partial charge in [-0.25, -0.2) is 8.78 Å². The molecule has 0 unspecified atom stereocenters. The summed E-state index contributed by atoms with van der Waals surface area (Å²) in [5.41, 5.74) is 3.81. The van der Waals surface area contributed by atoms with Crippen LogP contribution in [0.4, 0.5) is 8.78 Å². The highest BCUT2D eigenvalue weighted by Crippen LogP contribution is 2.33. The first-order valence-corrected chi connectivity index (χ1v) is 13.2. The minimum absolute atomic E-state index is 0.0663. The molecule has 3 N–H and O–H groups in total. The summed E-state index contributed by atoms with van der Waals surface area (Å²) in [5.74, 6) is -1.01. The third-order valence-corrected chi connectivity index (χ3v) is 6.95. The third-order valence-electron chi connectivity index (χ3n) is 6.95. The van der Waals surface area contributed by atoms with Crippen LogP contribution >= 0.6 is 0 Å². The number of aliphatic hydroxyl groups is 1. The van der Waals surface area contributed by atoms with Crippen molar-refractivity contribution in [1.82, 2.24) is 10.6 Å². The van der Waals surface area contributed by atoms with Gasteiger partial charge in [-0.1, -0.05) is 31.2 Å². The van der Waals surface area contributed by atoms with Crippen LogP contribution in [-0.2, 0) is 25.8 Å². The van der Waals surface area contributed by atoms with Crippen molar-refractivity contribution >= 4 is 5.91 Å². The topological polar surface area (TPSA) is 70.6 Å². The number of benzene rings is 3. The van der Waals surface area contributed by atoms with Crippen LogP contribution in [0.5, 0.6) is 5.75 Å². The van der Waals surface area contributed by atoms with E-state index in [1.807, 2.05) is 32.0 Å². The number of amides is 1. The number of carbonyl (C=O) groups excluding carboxylic acids is 1. The highest BCUT2D eigenvalue weighted by atomic mass is 19.1. The lowest BCUT2D eigenvalue weighted by molar-refractivity contribution is 0.0821. The summed E-state index contributed by atoms with van der Waals surface area (Å²) >= 11 is 0. The van der Waals surface area contributed by atoms with Crippen LogP contribution in [0, 0.1) is 11.6 Å². The zero-order valence-electron chi connectivity index (χ0n) is 22.2. The number of hydrogen-bond acceptors (Lipinski definition) is 4. The number of hydrogen-bond donors (Lipinski definition) is 3. The quantitative estimate of drug-likeness (QED) is 0.346. The van der Waals surface area contributed by atoms with E-state index in [1.165, 1.54) is 17.7 Å².